The first-order valence-corrected chi connectivity index (χ1v) is 7.08. The number of halogens is 2. The maximum atomic E-state index is 12.5. The Kier molecular flexibility index (Phi) is 6.12. The minimum Gasteiger partial charge on any atom is -0.497 e. The fourth-order valence-electron chi connectivity index (χ4n) is 1.95. The zero-order valence-corrected chi connectivity index (χ0v) is 13.2. The lowest BCUT2D eigenvalue weighted by Crippen LogP contribution is -2.23. The van der Waals surface area contributed by atoms with Gasteiger partial charge in [0.15, 0.2) is 0 Å². The summed E-state index contributed by atoms with van der Waals surface area (Å²) in [5.74, 6) is 0.0157. The Bertz CT molecular complexity index is 795. The molecule has 1 N–H and O–H groups in total. The smallest absolute Gasteiger partial charge is 0.387 e. The lowest BCUT2D eigenvalue weighted by Gasteiger charge is -2.10. The molecule has 1 aromatic heterocycles. The highest BCUT2D eigenvalue weighted by molar-refractivity contribution is 6.02. The summed E-state index contributed by atoms with van der Waals surface area (Å²) >= 11 is 0. The largest absolute Gasteiger partial charge is 0.497 e. The van der Waals surface area contributed by atoms with Crippen molar-refractivity contribution >= 4 is 12.0 Å². The van der Waals surface area contributed by atoms with Crippen LogP contribution in [0.15, 0.2) is 46.6 Å². The molecule has 1 amide bonds. The van der Waals surface area contributed by atoms with Gasteiger partial charge in [-0.15, -0.1) is 0 Å². The predicted molar refractivity (Wildman–Crippen MR) is 83.8 cm³/mol. The Labute approximate surface area is 142 Å². The molecular weight excluding hydrogens is 334 g/mol. The molecule has 0 fully saturated rings. The van der Waals surface area contributed by atoms with Crippen LogP contribution in [0.5, 0.6) is 11.5 Å². The quantitative estimate of drug-likeness (QED) is 0.614. The van der Waals surface area contributed by atoms with E-state index in [-0.39, 0.29) is 23.4 Å². The van der Waals surface area contributed by atoms with Gasteiger partial charge in [-0.2, -0.15) is 14.0 Å². The Hall–Kier alpha value is -3.34. The second-order valence-corrected chi connectivity index (χ2v) is 4.71. The van der Waals surface area contributed by atoms with Gasteiger partial charge in [0.1, 0.15) is 28.9 Å². The van der Waals surface area contributed by atoms with Gasteiger partial charge in [0, 0.05) is 5.56 Å². The molecule has 6 nitrogen and oxygen atoms in total. The summed E-state index contributed by atoms with van der Waals surface area (Å²) in [5, 5.41) is 11.7. The summed E-state index contributed by atoms with van der Waals surface area (Å²) in [4.78, 5) is 12.1. The van der Waals surface area contributed by atoms with Crippen molar-refractivity contribution in [2.24, 2.45) is 0 Å². The van der Waals surface area contributed by atoms with E-state index in [0.29, 0.717) is 11.5 Å². The van der Waals surface area contributed by atoms with Crippen LogP contribution in [0.25, 0.3) is 6.08 Å². The molecular formula is C17H14F2N2O4. The molecule has 0 spiro atoms. The van der Waals surface area contributed by atoms with E-state index in [1.807, 2.05) is 0 Å². The van der Waals surface area contributed by atoms with E-state index in [9.17, 15) is 18.8 Å². The molecule has 0 radical (unpaired) electrons. The van der Waals surface area contributed by atoms with E-state index < -0.39 is 12.5 Å². The summed E-state index contributed by atoms with van der Waals surface area (Å²) < 4.78 is 39.5. The monoisotopic (exact) mass is 348 g/mol. The van der Waals surface area contributed by atoms with Gasteiger partial charge in [-0.25, -0.2) is 0 Å². The first-order chi connectivity index (χ1) is 12.0. The average Bonchev–Trinajstić information content (AvgIpc) is 3.11. The van der Waals surface area contributed by atoms with Gasteiger partial charge in [0.25, 0.3) is 5.91 Å². The summed E-state index contributed by atoms with van der Waals surface area (Å²) in [7, 11) is 1.40. The van der Waals surface area contributed by atoms with Crippen LogP contribution >= 0.6 is 0 Å². The van der Waals surface area contributed by atoms with E-state index in [0.717, 1.165) is 6.08 Å². The number of alkyl halides is 2. The van der Waals surface area contributed by atoms with Crippen molar-refractivity contribution < 1.29 is 27.5 Å². The number of amides is 1. The van der Waals surface area contributed by atoms with E-state index in [4.69, 9.17) is 9.15 Å². The van der Waals surface area contributed by atoms with Crippen LogP contribution in [-0.2, 0) is 11.3 Å². The van der Waals surface area contributed by atoms with Crippen LogP contribution in [0, 0.1) is 11.3 Å². The molecule has 130 valence electrons. The molecule has 2 rings (SSSR count). The fraction of sp³-hybridized carbons (Fsp3) is 0.176. The van der Waals surface area contributed by atoms with Crippen molar-refractivity contribution in [2.45, 2.75) is 13.2 Å². The molecule has 0 aliphatic heterocycles. The molecule has 25 heavy (non-hydrogen) atoms. The highest BCUT2D eigenvalue weighted by Gasteiger charge is 2.14. The number of methoxy groups -OCH3 is 1. The molecule has 0 aliphatic carbocycles. The number of hydrogen-bond acceptors (Lipinski definition) is 5. The Morgan fingerprint density at radius 3 is 2.84 bits per heavy atom. The second-order valence-electron chi connectivity index (χ2n) is 4.71. The van der Waals surface area contributed by atoms with Crippen LogP contribution in [0.3, 0.4) is 0 Å². The van der Waals surface area contributed by atoms with Gasteiger partial charge in [0.2, 0.25) is 0 Å². The summed E-state index contributed by atoms with van der Waals surface area (Å²) in [6.07, 6.45) is 2.60. The minimum atomic E-state index is -3.04. The third-order valence-electron chi connectivity index (χ3n) is 3.10. The fourth-order valence-corrected chi connectivity index (χ4v) is 1.95. The summed E-state index contributed by atoms with van der Waals surface area (Å²) in [5.41, 5.74) is -0.164. The van der Waals surface area contributed by atoms with Crippen molar-refractivity contribution in [1.29, 1.82) is 5.26 Å². The van der Waals surface area contributed by atoms with Crippen molar-refractivity contribution in [3.63, 3.8) is 0 Å². The Morgan fingerprint density at radius 1 is 1.44 bits per heavy atom. The molecule has 2 aromatic rings. The zero-order valence-electron chi connectivity index (χ0n) is 13.2. The first kappa shape index (κ1) is 18.0. The highest BCUT2D eigenvalue weighted by Crippen LogP contribution is 2.27. The Morgan fingerprint density at radius 2 is 2.24 bits per heavy atom. The first-order valence-electron chi connectivity index (χ1n) is 7.08. The number of carbonyl (C=O) groups excluding carboxylic acids is 1. The maximum absolute atomic E-state index is 12.5. The highest BCUT2D eigenvalue weighted by atomic mass is 19.3. The van der Waals surface area contributed by atoms with Crippen LogP contribution in [0.2, 0.25) is 0 Å². The minimum absolute atomic E-state index is 0.0867. The van der Waals surface area contributed by atoms with Gasteiger partial charge >= 0.3 is 6.61 Å². The molecule has 0 atom stereocenters. The third-order valence-corrected chi connectivity index (χ3v) is 3.10. The van der Waals surface area contributed by atoms with Gasteiger partial charge in [-0.05, 0) is 36.4 Å². The lowest BCUT2D eigenvalue weighted by atomic mass is 10.1. The molecule has 8 heteroatoms. The van der Waals surface area contributed by atoms with Crippen molar-refractivity contribution in [3.8, 4) is 17.6 Å². The number of hydrogen-bond donors (Lipinski definition) is 1. The van der Waals surface area contributed by atoms with Crippen molar-refractivity contribution in [2.75, 3.05) is 7.11 Å². The lowest BCUT2D eigenvalue weighted by molar-refractivity contribution is -0.117. The topological polar surface area (TPSA) is 84.5 Å². The number of furan rings is 1. The summed E-state index contributed by atoms with van der Waals surface area (Å²) in [6.45, 7) is -2.96. The van der Waals surface area contributed by atoms with E-state index in [2.05, 4.69) is 10.1 Å². The number of nitrogens with one attached hydrogen (secondary N) is 1. The number of ether oxygens (including phenoxy) is 2. The molecule has 0 bridgehead atoms. The van der Waals surface area contributed by atoms with E-state index in [1.54, 1.807) is 18.2 Å². The van der Waals surface area contributed by atoms with Crippen LogP contribution in [0.1, 0.15) is 11.3 Å². The van der Waals surface area contributed by atoms with Crippen LogP contribution < -0.4 is 14.8 Å². The predicted octanol–water partition coefficient (Wildman–Crippen LogP) is 3.11. The molecule has 0 saturated heterocycles. The van der Waals surface area contributed by atoms with Gasteiger partial charge in [-0.1, -0.05) is 0 Å². The second kappa shape index (κ2) is 8.49. The van der Waals surface area contributed by atoms with Crippen molar-refractivity contribution in [3.05, 3.63) is 53.5 Å². The number of nitriles is 1. The summed E-state index contributed by atoms with van der Waals surface area (Å²) in [6, 6.07) is 9.13. The van der Waals surface area contributed by atoms with E-state index >= 15 is 0 Å². The molecule has 0 saturated carbocycles. The van der Waals surface area contributed by atoms with E-state index in [1.165, 1.54) is 31.6 Å². The molecule has 1 heterocycles. The molecule has 1 aromatic carbocycles. The standard InChI is InChI=1S/C17H14F2N2O4/c1-23-13-4-5-15(25-17(18)19)11(8-13)7-12(9-20)16(22)21-10-14-3-2-6-24-14/h2-8,17H,10H2,1H3,(H,21,22). The average molecular weight is 348 g/mol. The zero-order chi connectivity index (χ0) is 18.2. The van der Waals surface area contributed by atoms with Crippen LogP contribution in [-0.4, -0.2) is 19.6 Å². The normalized spacial score (nSPS) is 11.1. The maximum Gasteiger partial charge on any atom is 0.387 e. The van der Waals surface area contributed by atoms with Gasteiger partial charge < -0.3 is 19.2 Å². The van der Waals surface area contributed by atoms with Crippen LogP contribution in [0.4, 0.5) is 8.78 Å². The third kappa shape index (κ3) is 5.07. The number of rotatable bonds is 7. The van der Waals surface area contributed by atoms with Crippen molar-refractivity contribution in [1.82, 2.24) is 5.32 Å². The molecule has 0 aliphatic rings. The SMILES string of the molecule is COc1ccc(OC(F)F)c(C=C(C#N)C(=O)NCc2ccco2)c1. The van der Waals surface area contributed by atoms with Gasteiger partial charge in [-0.3, -0.25) is 4.79 Å². The molecule has 0 unspecified atom stereocenters. The van der Waals surface area contributed by atoms with Gasteiger partial charge in [0.05, 0.1) is 19.9 Å². The number of nitrogens with zero attached hydrogens (tertiary/aromatic N) is 1. The number of carbonyl (C=O) groups is 1. The Balaban J connectivity index is 2.24. The number of benzene rings is 1.